The smallest absolute Gasteiger partial charge is 0.139 e. The van der Waals surface area contributed by atoms with E-state index in [0.29, 0.717) is 5.78 Å². The second-order valence-corrected chi connectivity index (χ2v) is 3.85. The topological polar surface area (TPSA) is 17.1 Å². The molecule has 1 saturated carbocycles. The summed E-state index contributed by atoms with van der Waals surface area (Å²) in [5.74, 6) is 1.04. The first-order valence-corrected chi connectivity index (χ1v) is 4.45. The third kappa shape index (κ3) is 2.39. The summed E-state index contributed by atoms with van der Waals surface area (Å²) in [6.07, 6.45) is 4.03. The summed E-state index contributed by atoms with van der Waals surface area (Å²) in [5.41, 5.74) is 0. The molecule has 1 aliphatic carbocycles. The van der Waals surface area contributed by atoms with Gasteiger partial charge in [0.2, 0.25) is 0 Å². The number of carbonyl (C=O) groups excluding carboxylic acids is 1. The van der Waals surface area contributed by atoms with Crippen molar-refractivity contribution in [3.8, 4) is 0 Å². The lowest BCUT2D eigenvalue weighted by Crippen LogP contribution is -2.15. The van der Waals surface area contributed by atoms with Crippen molar-refractivity contribution < 1.29 is 4.79 Å². The molecule has 1 aliphatic rings. The molecule has 0 unspecified atom stereocenters. The molecule has 0 aromatic heterocycles. The summed E-state index contributed by atoms with van der Waals surface area (Å²) in [6.45, 7) is 1.66. The van der Waals surface area contributed by atoms with Gasteiger partial charge < -0.3 is 0 Å². The van der Waals surface area contributed by atoms with Crippen LogP contribution in [-0.2, 0) is 4.79 Å². The summed E-state index contributed by atoms with van der Waals surface area (Å²) in [4.78, 5) is 10.5. The maximum atomic E-state index is 10.5. The largest absolute Gasteiger partial charge is 0.299 e. The van der Waals surface area contributed by atoms with Crippen molar-refractivity contribution in [2.75, 3.05) is 5.75 Å². The third-order valence-electron chi connectivity index (χ3n) is 1.57. The van der Waals surface area contributed by atoms with Crippen molar-refractivity contribution >= 4 is 17.5 Å². The molecule has 0 radical (unpaired) electrons. The molecule has 52 valence electrons. The van der Waals surface area contributed by atoms with Gasteiger partial charge in [-0.05, 0) is 19.8 Å². The molecule has 1 fully saturated rings. The Kier molecular flexibility index (Phi) is 2.58. The molecule has 0 aromatic rings. The fourth-order valence-electron chi connectivity index (χ4n) is 0.773. The molecule has 0 N–H and O–H groups in total. The van der Waals surface area contributed by atoms with E-state index < -0.39 is 0 Å². The standard InChI is InChI=1S/C7H12OS/c1-6(8)5-9-7-3-2-4-7/h7H,2-5H2,1H3. The number of Topliss-reactive ketones (excluding diaryl/α,β-unsaturated/α-hetero) is 1. The van der Waals surface area contributed by atoms with Crippen LogP contribution in [0, 0.1) is 0 Å². The fourth-order valence-corrected chi connectivity index (χ4v) is 1.91. The number of ketones is 1. The summed E-state index contributed by atoms with van der Waals surface area (Å²) < 4.78 is 0. The summed E-state index contributed by atoms with van der Waals surface area (Å²) in [7, 11) is 0. The lowest BCUT2D eigenvalue weighted by atomic mass is 10.0. The molecule has 0 bridgehead atoms. The van der Waals surface area contributed by atoms with Gasteiger partial charge in [-0.3, -0.25) is 4.79 Å². The average Bonchev–Trinajstić information content (AvgIpc) is 1.60. The van der Waals surface area contributed by atoms with Crippen molar-refractivity contribution in [3.63, 3.8) is 0 Å². The fraction of sp³-hybridized carbons (Fsp3) is 0.857. The van der Waals surface area contributed by atoms with E-state index in [4.69, 9.17) is 0 Å². The molecular weight excluding hydrogens is 132 g/mol. The van der Waals surface area contributed by atoms with Crippen molar-refractivity contribution in [2.45, 2.75) is 31.4 Å². The Hall–Kier alpha value is 0.0200. The Balaban J connectivity index is 1.97. The van der Waals surface area contributed by atoms with Gasteiger partial charge in [-0.15, -0.1) is 0 Å². The predicted octanol–water partition coefficient (Wildman–Crippen LogP) is 1.86. The third-order valence-corrected chi connectivity index (χ3v) is 3.09. The van der Waals surface area contributed by atoms with Crippen LogP contribution in [0.4, 0.5) is 0 Å². The summed E-state index contributed by atoms with van der Waals surface area (Å²) in [5, 5.41) is 0.814. The Morgan fingerprint density at radius 2 is 2.33 bits per heavy atom. The second-order valence-electron chi connectivity index (χ2n) is 2.57. The van der Waals surface area contributed by atoms with E-state index in [0.717, 1.165) is 11.0 Å². The SMILES string of the molecule is CC(=O)CSC1CCC1. The zero-order valence-corrected chi connectivity index (χ0v) is 6.54. The molecule has 2 heteroatoms. The van der Waals surface area contributed by atoms with Crippen LogP contribution >= 0.6 is 11.8 Å². The van der Waals surface area contributed by atoms with E-state index in [2.05, 4.69) is 0 Å². The quantitative estimate of drug-likeness (QED) is 0.601. The summed E-state index contributed by atoms with van der Waals surface area (Å²) >= 11 is 1.82. The predicted molar refractivity (Wildman–Crippen MR) is 40.8 cm³/mol. The Morgan fingerprint density at radius 1 is 1.67 bits per heavy atom. The van der Waals surface area contributed by atoms with Crippen LogP contribution in [0.2, 0.25) is 0 Å². The van der Waals surface area contributed by atoms with E-state index in [9.17, 15) is 4.79 Å². The first-order chi connectivity index (χ1) is 4.29. The number of rotatable bonds is 3. The highest BCUT2D eigenvalue weighted by atomic mass is 32.2. The number of hydrogen-bond acceptors (Lipinski definition) is 2. The maximum Gasteiger partial charge on any atom is 0.139 e. The first kappa shape index (κ1) is 7.13. The number of hydrogen-bond donors (Lipinski definition) is 0. The van der Waals surface area contributed by atoms with Crippen LogP contribution in [-0.4, -0.2) is 16.8 Å². The molecule has 1 nitrogen and oxygen atoms in total. The zero-order valence-electron chi connectivity index (χ0n) is 5.72. The average molecular weight is 144 g/mol. The van der Waals surface area contributed by atoms with Crippen molar-refractivity contribution in [1.29, 1.82) is 0 Å². The van der Waals surface area contributed by atoms with Gasteiger partial charge in [0.05, 0.1) is 5.75 Å². The van der Waals surface area contributed by atoms with Crippen LogP contribution in [0.5, 0.6) is 0 Å². The molecule has 0 saturated heterocycles. The molecular formula is C7H12OS. The minimum atomic E-state index is 0.312. The van der Waals surface area contributed by atoms with E-state index in [1.165, 1.54) is 19.3 Å². The molecule has 1 rings (SSSR count). The summed E-state index contributed by atoms with van der Waals surface area (Å²) in [6, 6.07) is 0. The van der Waals surface area contributed by atoms with Crippen LogP contribution in [0.15, 0.2) is 0 Å². The van der Waals surface area contributed by atoms with Crippen molar-refractivity contribution in [3.05, 3.63) is 0 Å². The van der Waals surface area contributed by atoms with Gasteiger partial charge >= 0.3 is 0 Å². The monoisotopic (exact) mass is 144 g/mol. The van der Waals surface area contributed by atoms with Crippen molar-refractivity contribution in [2.24, 2.45) is 0 Å². The molecule has 0 aromatic carbocycles. The van der Waals surface area contributed by atoms with E-state index >= 15 is 0 Å². The second kappa shape index (κ2) is 3.25. The van der Waals surface area contributed by atoms with Gasteiger partial charge in [0.1, 0.15) is 5.78 Å². The van der Waals surface area contributed by atoms with Gasteiger partial charge in [0.15, 0.2) is 0 Å². The van der Waals surface area contributed by atoms with E-state index in [-0.39, 0.29) is 0 Å². The minimum absolute atomic E-state index is 0.312. The van der Waals surface area contributed by atoms with Gasteiger partial charge in [0.25, 0.3) is 0 Å². The first-order valence-electron chi connectivity index (χ1n) is 3.40. The van der Waals surface area contributed by atoms with E-state index in [1.807, 2.05) is 11.8 Å². The number of carbonyl (C=O) groups is 1. The molecule has 0 atom stereocenters. The Morgan fingerprint density at radius 3 is 2.67 bits per heavy atom. The molecule has 0 heterocycles. The molecule has 0 aliphatic heterocycles. The van der Waals surface area contributed by atoms with Crippen molar-refractivity contribution in [1.82, 2.24) is 0 Å². The van der Waals surface area contributed by atoms with E-state index in [1.54, 1.807) is 6.92 Å². The van der Waals surface area contributed by atoms with Crippen LogP contribution in [0.3, 0.4) is 0 Å². The molecule has 9 heavy (non-hydrogen) atoms. The minimum Gasteiger partial charge on any atom is -0.299 e. The van der Waals surface area contributed by atoms with Crippen LogP contribution < -0.4 is 0 Å². The molecule has 0 spiro atoms. The van der Waals surface area contributed by atoms with Gasteiger partial charge in [-0.2, -0.15) is 11.8 Å². The highest BCUT2D eigenvalue weighted by Gasteiger charge is 2.17. The zero-order chi connectivity index (χ0) is 6.69. The normalized spacial score (nSPS) is 19.2. The van der Waals surface area contributed by atoms with Crippen LogP contribution in [0.1, 0.15) is 26.2 Å². The number of thioether (sulfide) groups is 1. The Bertz CT molecular complexity index is 107. The highest BCUT2D eigenvalue weighted by Crippen LogP contribution is 2.30. The Labute approximate surface area is 60.2 Å². The molecule has 0 amide bonds. The van der Waals surface area contributed by atoms with Gasteiger partial charge in [0, 0.05) is 5.25 Å². The van der Waals surface area contributed by atoms with Crippen LogP contribution in [0.25, 0.3) is 0 Å². The maximum absolute atomic E-state index is 10.5. The van der Waals surface area contributed by atoms with Gasteiger partial charge in [-0.1, -0.05) is 6.42 Å². The highest BCUT2D eigenvalue weighted by molar-refractivity contribution is 8.00. The van der Waals surface area contributed by atoms with Gasteiger partial charge in [-0.25, -0.2) is 0 Å². The lowest BCUT2D eigenvalue weighted by molar-refractivity contribution is -0.114. The lowest BCUT2D eigenvalue weighted by Gasteiger charge is -2.23.